The highest BCUT2D eigenvalue weighted by Crippen LogP contribution is 2.60. The van der Waals surface area contributed by atoms with Gasteiger partial charge >= 0.3 is 0 Å². The lowest BCUT2D eigenvalue weighted by Gasteiger charge is -2.55. The fraction of sp³-hybridized carbons (Fsp3) is 0.941. The lowest BCUT2D eigenvalue weighted by Crippen LogP contribution is -2.53. The molecule has 4 aliphatic carbocycles. The Hall–Kier alpha value is -0.570. The van der Waals surface area contributed by atoms with Crippen LogP contribution in [0.5, 0.6) is 0 Å². The molecule has 0 heterocycles. The van der Waals surface area contributed by atoms with Crippen molar-refractivity contribution in [1.82, 2.24) is 5.32 Å². The third-order valence-corrected chi connectivity index (χ3v) is 6.08. The molecule has 3 N–H and O–H groups in total. The second-order valence-electron chi connectivity index (χ2n) is 7.94. The molecule has 0 aromatic rings. The zero-order chi connectivity index (χ0) is 14.2. The summed E-state index contributed by atoms with van der Waals surface area (Å²) >= 11 is 0. The lowest BCUT2D eigenvalue weighted by atomic mass is 9.49. The summed E-state index contributed by atoms with van der Waals surface area (Å²) in [5.74, 6) is 3.50. The molecule has 1 atom stereocenters. The van der Waals surface area contributed by atoms with Gasteiger partial charge in [0.05, 0.1) is 0 Å². The Kier molecular flexibility index (Phi) is 4.07. The van der Waals surface area contributed by atoms with Gasteiger partial charge in [-0.05, 0) is 81.6 Å². The summed E-state index contributed by atoms with van der Waals surface area (Å²) < 4.78 is 0. The molecule has 3 heteroatoms. The molecule has 0 radical (unpaired) electrons. The first-order chi connectivity index (χ1) is 9.61. The highest BCUT2D eigenvalue weighted by Gasteiger charge is 2.54. The summed E-state index contributed by atoms with van der Waals surface area (Å²) in [6, 6.07) is 0. The van der Waals surface area contributed by atoms with Crippen molar-refractivity contribution in [2.24, 2.45) is 34.8 Å². The number of nitrogens with two attached hydrogens (primary N) is 1. The van der Waals surface area contributed by atoms with Gasteiger partial charge in [0.15, 0.2) is 0 Å². The minimum Gasteiger partial charge on any atom is -0.356 e. The van der Waals surface area contributed by atoms with Gasteiger partial charge in [-0.1, -0.05) is 6.92 Å². The van der Waals surface area contributed by atoms with Crippen molar-refractivity contribution in [2.45, 2.75) is 58.3 Å². The number of hydrogen-bond acceptors (Lipinski definition) is 2. The molecule has 4 bridgehead atoms. The van der Waals surface area contributed by atoms with Gasteiger partial charge in [0.1, 0.15) is 0 Å². The monoisotopic (exact) mass is 278 g/mol. The Morgan fingerprint density at radius 2 is 1.75 bits per heavy atom. The number of hydrogen-bond donors (Lipinski definition) is 2. The first kappa shape index (κ1) is 14.4. The number of nitrogens with one attached hydrogen (secondary N) is 1. The first-order valence-electron chi connectivity index (χ1n) is 8.59. The second-order valence-corrected chi connectivity index (χ2v) is 7.94. The number of amides is 1. The summed E-state index contributed by atoms with van der Waals surface area (Å²) in [7, 11) is 0. The Balaban J connectivity index is 1.50. The molecular weight excluding hydrogens is 248 g/mol. The van der Waals surface area contributed by atoms with Gasteiger partial charge in [-0.15, -0.1) is 0 Å². The van der Waals surface area contributed by atoms with Crippen LogP contribution in [0.4, 0.5) is 0 Å². The largest absolute Gasteiger partial charge is 0.356 e. The normalized spacial score (nSPS) is 39.8. The SMILES string of the molecule is CC(CN)CCCNC(=O)C12CC3CC(CC(C3)C1)C2. The highest BCUT2D eigenvalue weighted by atomic mass is 16.2. The molecule has 1 unspecified atom stereocenters. The van der Waals surface area contributed by atoms with E-state index < -0.39 is 0 Å². The van der Waals surface area contributed by atoms with Crippen molar-refractivity contribution in [1.29, 1.82) is 0 Å². The summed E-state index contributed by atoms with van der Waals surface area (Å²) in [5, 5.41) is 3.24. The van der Waals surface area contributed by atoms with Crippen molar-refractivity contribution in [3.63, 3.8) is 0 Å². The van der Waals surface area contributed by atoms with Crippen LogP contribution in [0.1, 0.15) is 58.3 Å². The van der Waals surface area contributed by atoms with Gasteiger partial charge in [0.2, 0.25) is 5.91 Å². The van der Waals surface area contributed by atoms with Gasteiger partial charge in [-0.2, -0.15) is 0 Å². The van der Waals surface area contributed by atoms with Crippen LogP contribution in [0.2, 0.25) is 0 Å². The van der Waals surface area contributed by atoms with Crippen LogP contribution in [-0.2, 0) is 4.79 Å². The molecule has 0 saturated heterocycles. The molecule has 4 aliphatic rings. The molecule has 0 aromatic carbocycles. The molecule has 0 aliphatic heterocycles. The van der Waals surface area contributed by atoms with Crippen LogP contribution < -0.4 is 11.1 Å². The highest BCUT2D eigenvalue weighted by molar-refractivity contribution is 5.83. The van der Waals surface area contributed by atoms with E-state index in [0.717, 1.165) is 43.7 Å². The topological polar surface area (TPSA) is 55.1 Å². The maximum atomic E-state index is 12.7. The van der Waals surface area contributed by atoms with E-state index in [1.807, 2.05) is 0 Å². The van der Waals surface area contributed by atoms with E-state index in [0.29, 0.717) is 11.8 Å². The summed E-state index contributed by atoms with van der Waals surface area (Å²) in [6.07, 6.45) is 9.91. The number of carbonyl (C=O) groups is 1. The van der Waals surface area contributed by atoms with Crippen molar-refractivity contribution >= 4 is 5.91 Å². The summed E-state index contributed by atoms with van der Waals surface area (Å²) in [4.78, 5) is 12.7. The van der Waals surface area contributed by atoms with Crippen molar-refractivity contribution in [3.8, 4) is 0 Å². The van der Waals surface area contributed by atoms with Gasteiger partial charge in [-0.3, -0.25) is 4.79 Å². The van der Waals surface area contributed by atoms with Crippen LogP contribution in [0.3, 0.4) is 0 Å². The molecule has 4 fully saturated rings. The smallest absolute Gasteiger partial charge is 0.226 e. The molecule has 1 amide bonds. The second kappa shape index (κ2) is 5.67. The van der Waals surface area contributed by atoms with Crippen molar-refractivity contribution in [3.05, 3.63) is 0 Å². The Labute approximate surface area is 123 Å². The Morgan fingerprint density at radius 3 is 2.25 bits per heavy atom. The van der Waals surface area contributed by atoms with Gasteiger partial charge < -0.3 is 11.1 Å². The number of carbonyl (C=O) groups excluding carboxylic acids is 1. The minimum atomic E-state index is 0.0221. The van der Waals surface area contributed by atoms with Crippen LogP contribution in [0, 0.1) is 29.1 Å². The van der Waals surface area contributed by atoms with E-state index in [4.69, 9.17) is 5.73 Å². The van der Waals surface area contributed by atoms with Crippen LogP contribution in [0.25, 0.3) is 0 Å². The Bertz CT molecular complexity index is 331. The Morgan fingerprint density at radius 1 is 1.20 bits per heavy atom. The molecule has 3 nitrogen and oxygen atoms in total. The minimum absolute atomic E-state index is 0.0221. The van der Waals surface area contributed by atoms with E-state index >= 15 is 0 Å². The average molecular weight is 278 g/mol. The molecule has 114 valence electrons. The van der Waals surface area contributed by atoms with Gasteiger partial charge in [-0.25, -0.2) is 0 Å². The summed E-state index contributed by atoms with van der Waals surface area (Å²) in [6.45, 7) is 3.77. The fourth-order valence-corrected chi connectivity index (χ4v) is 5.35. The zero-order valence-corrected chi connectivity index (χ0v) is 12.9. The van der Waals surface area contributed by atoms with E-state index in [1.54, 1.807) is 0 Å². The molecule has 20 heavy (non-hydrogen) atoms. The quantitative estimate of drug-likeness (QED) is 0.734. The fourth-order valence-electron chi connectivity index (χ4n) is 5.35. The number of rotatable bonds is 6. The van der Waals surface area contributed by atoms with E-state index in [1.165, 1.54) is 38.5 Å². The summed E-state index contributed by atoms with van der Waals surface area (Å²) in [5.41, 5.74) is 5.65. The van der Waals surface area contributed by atoms with E-state index in [9.17, 15) is 4.79 Å². The van der Waals surface area contributed by atoms with Crippen LogP contribution in [-0.4, -0.2) is 19.0 Å². The molecular formula is C17H30N2O. The molecule has 4 rings (SSSR count). The maximum absolute atomic E-state index is 12.7. The van der Waals surface area contributed by atoms with E-state index in [2.05, 4.69) is 12.2 Å². The first-order valence-corrected chi connectivity index (χ1v) is 8.59. The van der Waals surface area contributed by atoms with Crippen molar-refractivity contribution < 1.29 is 4.79 Å². The van der Waals surface area contributed by atoms with Crippen molar-refractivity contribution in [2.75, 3.05) is 13.1 Å². The maximum Gasteiger partial charge on any atom is 0.226 e. The van der Waals surface area contributed by atoms with Gasteiger partial charge in [0, 0.05) is 12.0 Å². The third-order valence-electron chi connectivity index (χ3n) is 6.08. The average Bonchev–Trinajstić information content (AvgIpc) is 2.41. The zero-order valence-electron chi connectivity index (χ0n) is 12.9. The standard InChI is InChI=1S/C17H30N2O/c1-12(11-18)3-2-4-19-16(20)17-8-13-5-14(9-17)7-15(6-13)10-17/h12-15H,2-11,18H2,1H3,(H,19,20). The predicted octanol–water partition coefficient (Wildman–Crippen LogP) is 2.69. The molecule has 0 aromatic heterocycles. The molecule has 4 saturated carbocycles. The van der Waals surface area contributed by atoms with Gasteiger partial charge in [0.25, 0.3) is 0 Å². The third kappa shape index (κ3) is 2.74. The predicted molar refractivity (Wildman–Crippen MR) is 81.1 cm³/mol. The van der Waals surface area contributed by atoms with E-state index in [-0.39, 0.29) is 5.41 Å². The lowest BCUT2D eigenvalue weighted by molar-refractivity contribution is -0.146. The molecule has 0 spiro atoms. The van der Waals surface area contributed by atoms with Crippen LogP contribution >= 0.6 is 0 Å². The van der Waals surface area contributed by atoms with Crippen LogP contribution in [0.15, 0.2) is 0 Å².